The number of carbonyl (C=O) groups is 3. The van der Waals surface area contributed by atoms with Gasteiger partial charge in [-0.25, -0.2) is 8.42 Å². The molecule has 5 rings (SSSR count). The van der Waals surface area contributed by atoms with E-state index in [0.717, 1.165) is 16.9 Å². The molecule has 11 heteroatoms. The van der Waals surface area contributed by atoms with Gasteiger partial charge in [0.1, 0.15) is 10.9 Å². The smallest absolute Gasteiger partial charge is 0.249 e. The van der Waals surface area contributed by atoms with E-state index in [1.165, 1.54) is 23.2 Å². The number of ketones is 1. The Kier molecular flexibility index (Phi) is 7.65. The number of hydrogen-bond acceptors (Lipinski definition) is 6. The Balaban J connectivity index is 1.30. The van der Waals surface area contributed by atoms with Crippen LogP contribution in [-0.2, 0) is 24.4 Å². The number of hydrogen-bond donors (Lipinski definition) is 0. The molecule has 210 valence electrons. The second kappa shape index (κ2) is 10.8. The van der Waals surface area contributed by atoms with Crippen LogP contribution < -0.4 is 4.73 Å². The van der Waals surface area contributed by atoms with Gasteiger partial charge >= 0.3 is 0 Å². The van der Waals surface area contributed by atoms with Crippen LogP contribution in [0.4, 0.5) is 0 Å². The summed E-state index contributed by atoms with van der Waals surface area (Å²) in [5.74, 6) is -0.341. The number of likely N-dealkylation sites (tertiary alicyclic amines) is 2. The number of amides is 2. The Morgan fingerprint density at radius 2 is 1.87 bits per heavy atom. The molecule has 0 N–H and O–H groups in total. The summed E-state index contributed by atoms with van der Waals surface area (Å²) in [6.07, 6.45) is 12.4. The van der Waals surface area contributed by atoms with Crippen molar-refractivity contribution in [1.82, 2.24) is 14.1 Å². The van der Waals surface area contributed by atoms with E-state index >= 15 is 0 Å². The first kappa shape index (κ1) is 27.5. The highest BCUT2D eigenvalue weighted by molar-refractivity contribution is 7.89. The molecule has 2 amide bonds. The Bertz CT molecular complexity index is 1310. The molecular formula is C28H36N4O6S. The molecule has 1 aromatic heterocycles. The lowest BCUT2D eigenvalue weighted by atomic mass is 9.82. The summed E-state index contributed by atoms with van der Waals surface area (Å²) in [6.45, 7) is 5.19. The van der Waals surface area contributed by atoms with Crippen LogP contribution in [-0.4, -0.2) is 78.4 Å². The standard InChI is InChI=1S/C28H36N4O6S/c1-19(2)14-22(15-26(34)29-12-9-20-6-3-4-7-21(20)16-29)28(35)31-13-10-24-27(31)25(33)18-32(24)39(37,38)23-8-5-11-30(36)17-23/h3-8,11,17,19-22,24,27H,9-10,12-16,18H2,1-2H3. The highest BCUT2D eigenvalue weighted by Gasteiger charge is 2.54. The summed E-state index contributed by atoms with van der Waals surface area (Å²) in [7, 11) is -4.10. The van der Waals surface area contributed by atoms with Crippen molar-refractivity contribution in [3.63, 3.8) is 0 Å². The van der Waals surface area contributed by atoms with Crippen LogP contribution in [0.2, 0.25) is 0 Å². The van der Waals surface area contributed by atoms with Crippen LogP contribution in [0.3, 0.4) is 0 Å². The van der Waals surface area contributed by atoms with E-state index < -0.39 is 28.0 Å². The summed E-state index contributed by atoms with van der Waals surface area (Å²) < 4.78 is 28.2. The Labute approximate surface area is 229 Å². The molecule has 3 saturated heterocycles. The summed E-state index contributed by atoms with van der Waals surface area (Å²) >= 11 is 0. The van der Waals surface area contributed by atoms with E-state index in [2.05, 4.69) is 18.2 Å². The van der Waals surface area contributed by atoms with E-state index in [4.69, 9.17) is 0 Å². The summed E-state index contributed by atoms with van der Waals surface area (Å²) in [5.41, 5.74) is 0. The maximum Gasteiger partial charge on any atom is 0.249 e. The molecule has 4 heterocycles. The molecule has 3 aliphatic heterocycles. The molecular weight excluding hydrogens is 520 g/mol. The molecule has 10 nitrogen and oxygen atoms in total. The van der Waals surface area contributed by atoms with Gasteiger partial charge in [0.2, 0.25) is 21.8 Å². The van der Waals surface area contributed by atoms with E-state index in [0.29, 0.717) is 36.6 Å². The number of aromatic nitrogens is 1. The van der Waals surface area contributed by atoms with Gasteiger partial charge in [-0.3, -0.25) is 14.4 Å². The van der Waals surface area contributed by atoms with Gasteiger partial charge in [0, 0.05) is 44.0 Å². The number of nitrogens with zero attached hydrogens (tertiary/aromatic N) is 4. The van der Waals surface area contributed by atoms with E-state index in [-0.39, 0.29) is 53.8 Å². The minimum absolute atomic E-state index is 0.0527. The van der Waals surface area contributed by atoms with Crippen LogP contribution in [0, 0.1) is 28.9 Å². The fourth-order valence-electron chi connectivity index (χ4n) is 6.56. The van der Waals surface area contributed by atoms with Gasteiger partial charge in [0.15, 0.2) is 18.2 Å². The maximum atomic E-state index is 13.9. The number of pyridine rings is 1. The molecule has 39 heavy (non-hydrogen) atoms. The predicted octanol–water partition coefficient (Wildman–Crippen LogP) is 1.51. The first-order valence-electron chi connectivity index (χ1n) is 13.7. The van der Waals surface area contributed by atoms with Crippen LogP contribution >= 0.6 is 0 Å². The molecule has 3 fully saturated rings. The topological polar surface area (TPSA) is 122 Å². The third kappa shape index (κ3) is 5.38. The lowest BCUT2D eigenvalue weighted by Crippen LogP contribution is -2.48. The van der Waals surface area contributed by atoms with Crippen LogP contribution in [0.1, 0.15) is 39.5 Å². The Morgan fingerprint density at radius 1 is 1.13 bits per heavy atom. The van der Waals surface area contributed by atoms with E-state index in [1.54, 1.807) is 0 Å². The van der Waals surface area contributed by atoms with Gasteiger partial charge in [-0.15, -0.1) is 0 Å². The molecule has 1 aliphatic carbocycles. The lowest BCUT2D eigenvalue weighted by molar-refractivity contribution is -0.607. The van der Waals surface area contributed by atoms with Gasteiger partial charge in [-0.2, -0.15) is 9.04 Å². The average Bonchev–Trinajstić information content (AvgIpc) is 3.48. The summed E-state index contributed by atoms with van der Waals surface area (Å²) in [6, 6.07) is 1.10. The quantitative estimate of drug-likeness (QED) is 0.371. The zero-order chi connectivity index (χ0) is 27.9. The van der Waals surface area contributed by atoms with E-state index in [1.807, 2.05) is 24.8 Å². The van der Waals surface area contributed by atoms with Crippen molar-refractivity contribution in [2.75, 3.05) is 26.2 Å². The third-order valence-corrected chi connectivity index (χ3v) is 10.3. The SMILES string of the molecule is CC(C)CC(CC(=O)N1CCC2C=CC=CC2C1)C(=O)N1CCC2C1C(=O)CN2S(=O)(=O)c1ccc[n+]([O-])c1. The maximum absolute atomic E-state index is 13.9. The first-order valence-corrected chi connectivity index (χ1v) is 15.2. The minimum Gasteiger partial charge on any atom is -0.619 e. The number of allylic oxidation sites excluding steroid dienone is 3. The predicted molar refractivity (Wildman–Crippen MR) is 142 cm³/mol. The highest BCUT2D eigenvalue weighted by Crippen LogP contribution is 2.36. The summed E-state index contributed by atoms with van der Waals surface area (Å²) in [5, 5.41) is 11.7. The number of sulfonamides is 1. The first-order chi connectivity index (χ1) is 18.6. The van der Waals surface area contributed by atoms with Crippen molar-refractivity contribution in [3.8, 4) is 0 Å². The number of piperidine rings is 1. The molecule has 0 aromatic carbocycles. The molecule has 0 spiro atoms. The van der Waals surface area contributed by atoms with Crippen molar-refractivity contribution >= 4 is 27.6 Å². The number of fused-ring (bicyclic) bond motifs is 2. The third-order valence-electron chi connectivity index (χ3n) is 8.44. The molecule has 0 bridgehead atoms. The fraction of sp³-hybridized carbons (Fsp3) is 0.571. The normalized spacial score (nSPS) is 27.6. The molecule has 5 atom stereocenters. The van der Waals surface area contributed by atoms with Crippen molar-refractivity contribution in [3.05, 3.63) is 54.0 Å². The van der Waals surface area contributed by atoms with Crippen LogP contribution in [0.15, 0.2) is 53.7 Å². The van der Waals surface area contributed by atoms with Crippen LogP contribution in [0.25, 0.3) is 0 Å². The van der Waals surface area contributed by atoms with Crippen LogP contribution in [0.5, 0.6) is 0 Å². The Morgan fingerprint density at radius 3 is 2.59 bits per heavy atom. The van der Waals surface area contributed by atoms with Gasteiger partial charge in [0.25, 0.3) is 0 Å². The highest BCUT2D eigenvalue weighted by atomic mass is 32.2. The van der Waals surface area contributed by atoms with Gasteiger partial charge in [-0.05, 0) is 37.2 Å². The number of carbonyl (C=O) groups excluding carboxylic acids is 3. The Hall–Kier alpha value is -3.05. The molecule has 0 radical (unpaired) electrons. The average molecular weight is 557 g/mol. The van der Waals surface area contributed by atoms with Crippen molar-refractivity contribution < 1.29 is 27.5 Å². The second-order valence-electron chi connectivity index (χ2n) is 11.5. The molecule has 0 saturated carbocycles. The summed E-state index contributed by atoms with van der Waals surface area (Å²) in [4.78, 5) is 43.5. The van der Waals surface area contributed by atoms with Gasteiger partial charge in [0.05, 0.1) is 12.6 Å². The zero-order valence-corrected chi connectivity index (χ0v) is 23.2. The fourth-order valence-corrected chi connectivity index (χ4v) is 8.19. The van der Waals surface area contributed by atoms with Crippen molar-refractivity contribution in [2.45, 2.75) is 56.5 Å². The molecule has 4 aliphatic rings. The number of Topliss-reactive ketones (excluding diaryl/α,β-unsaturated/α-hetero) is 1. The number of rotatable bonds is 7. The largest absolute Gasteiger partial charge is 0.619 e. The van der Waals surface area contributed by atoms with Crippen molar-refractivity contribution in [1.29, 1.82) is 0 Å². The van der Waals surface area contributed by atoms with Gasteiger partial charge in [-0.1, -0.05) is 38.2 Å². The second-order valence-corrected chi connectivity index (χ2v) is 13.4. The monoisotopic (exact) mass is 556 g/mol. The van der Waals surface area contributed by atoms with Gasteiger partial charge < -0.3 is 15.0 Å². The lowest BCUT2D eigenvalue weighted by Gasteiger charge is -2.38. The minimum atomic E-state index is -4.10. The van der Waals surface area contributed by atoms with Crippen molar-refractivity contribution in [2.24, 2.45) is 23.7 Å². The zero-order valence-electron chi connectivity index (χ0n) is 22.4. The molecule has 1 aromatic rings. The molecule has 5 unspecified atom stereocenters. The van der Waals surface area contributed by atoms with E-state index in [9.17, 15) is 28.0 Å².